The smallest absolute Gasteiger partial charge is 0.341 e. The maximum atomic E-state index is 12.0. The number of esters is 1. The van der Waals surface area contributed by atoms with Crippen molar-refractivity contribution < 1.29 is 19.1 Å². The third-order valence-corrected chi connectivity index (χ3v) is 3.77. The Morgan fingerprint density at radius 2 is 1.95 bits per heavy atom. The molecule has 1 aromatic heterocycles. The summed E-state index contributed by atoms with van der Waals surface area (Å²) in [5.41, 5.74) is 0.744. The molecule has 0 aliphatic carbocycles. The average molecular weight is 298 g/mol. The summed E-state index contributed by atoms with van der Waals surface area (Å²) < 4.78 is 4.70. The van der Waals surface area contributed by atoms with Gasteiger partial charge in [-0.15, -0.1) is 11.3 Å². The van der Waals surface area contributed by atoms with Crippen LogP contribution in [0.25, 0.3) is 0 Å². The predicted octanol–water partition coefficient (Wildman–Crippen LogP) is 1.94. The number of amides is 2. The van der Waals surface area contributed by atoms with Gasteiger partial charge in [-0.05, 0) is 18.9 Å². The zero-order chi connectivity index (χ0) is 15.3. The summed E-state index contributed by atoms with van der Waals surface area (Å²) in [6.45, 7) is 5.51. The Bertz CT molecular complexity index is 537. The molecule has 0 aliphatic rings. The highest BCUT2D eigenvalue weighted by Gasteiger charge is 2.25. The van der Waals surface area contributed by atoms with Gasteiger partial charge in [-0.1, -0.05) is 6.92 Å². The van der Waals surface area contributed by atoms with E-state index in [2.05, 4.69) is 10.6 Å². The number of nitrogens with one attached hydrogen (secondary N) is 2. The van der Waals surface area contributed by atoms with Crippen molar-refractivity contribution in [3.63, 3.8) is 0 Å². The van der Waals surface area contributed by atoms with Crippen LogP contribution in [0.5, 0.6) is 0 Å². The van der Waals surface area contributed by atoms with Crippen molar-refractivity contribution in [3.05, 3.63) is 16.0 Å². The fraction of sp³-hybridized carbons (Fsp3) is 0.462. The highest BCUT2D eigenvalue weighted by atomic mass is 32.1. The monoisotopic (exact) mass is 298 g/mol. The minimum absolute atomic E-state index is 0.231. The summed E-state index contributed by atoms with van der Waals surface area (Å²) in [5.74, 6) is -1.13. The molecule has 0 aromatic carbocycles. The van der Waals surface area contributed by atoms with Crippen molar-refractivity contribution in [2.24, 2.45) is 0 Å². The first-order valence-corrected chi connectivity index (χ1v) is 7.01. The number of hydrogen-bond donors (Lipinski definition) is 2. The Labute approximate surface area is 121 Å². The highest BCUT2D eigenvalue weighted by molar-refractivity contribution is 7.18. The molecule has 1 rings (SSSR count). The number of rotatable bonds is 5. The normalized spacial score (nSPS) is 10.0. The average Bonchev–Trinajstić information content (AvgIpc) is 2.71. The van der Waals surface area contributed by atoms with Crippen LogP contribution >= 0.6 is 11.3 Å². The largest absolute Gasteiger partial charge is 0.465 e. The lowest BCUT2D eigenvalue weighted by Gasteiger charge is -2.03. The number of thiophene rings is 1. The van der Waals surface area contributed by atoms with E-state index in [0.29, 0.717) is 22.0 Å². The number of anilines is 1. The van der Waals surface area contributed by atoms with E-state index >= 15 is 0 Å². The molecule has 6 nitrogen and oxygen atoms in total. The zero-order valence-electron chi connectivity index (χ0n) is 12.0. The van der Waals surface area contributed by atoms with E-state index in [1.54, 1.807) is 6.92 Å². The molecule has 7 heteroatoms. The van der Waals surface area contributed by atoms with E-state index in [-0.39, 0.29) is 17.4 Å². The predicted molar refractivity (Wildman–Crippen MR) is 77.3 cm³/mol. The summed E-state index contributed by atoms with van der Waals surface area (Å²) in [6.07, 6.45) is 0.818. The molecule has 0 fully saturated rings. The molecule has 0 saturated heterocycles. The molecule has 110 valence electrons. The third-order valence-electron chi connectivity index (χ3n) is 2.57. The molecule has 0 unspecified atom stereocenters. The maximum Gasteiger partial charge on any atom is 0.341 e. The summed E-state index contributed by atoms with van der Waals surface area (Å²) in [5, 5.41) is 5.64. The summed E-state index contributed by atoms with van der Waals surface area (Å²) in [6, 6.07) is 0. The van der Waals surface area contributed by atoms with Gasteiger partial charge in [0.15, 0.2) is 0 Å². The first kappa shape index (κ1) is 16.2. The second-order valence-corrected chi connectivity index (χ2v) is 5.21. The van der Waals surface area contributed by atoms with E-state index in [0.717, 1.165) is 17.8 Å². The van der Waals surface area contributed by atoms with Gasteiger partial charge in [0.2, 0.25) is 5.91 Å². The molecule has 0 radical (unpaired) electrons. The van der Waals surface area contributed by atoms with Crippen molar-refractivity contribution in [1.82, 2.24) is 5.32 Å². The van der Waals surface area contributed by atoms with Crippen LogP contribution in [0.4, 0.5) is 5.00 Å². The van der Waals surface area contributed by atoms with Gasteiger partial charge in [0, 0.05) is 13.5 Å². The van der Waals surface area contributed by atoms with Gasteiger partial charge in [0.1, 0.15) is 5.00 Å². The maximum absolute atomic E-state index is 12.0. The number of ether oxygens (including phenoxy) is 1. The molecule has 0 atom stereocenters. The van der Waals surface area contributed by atoms with E-state index in [4.69, 9.17) is 4.74 Å². The Morgan fingerprint density at radius 3 is 2.45 bits per heavy atom. The molecule has 2 N–H and O–H groups in total. The second-order valence-electron chi connectivity index (χ2n) is 4.19. The van der Waals surface area contributed by atoms with Crippen LogP contribution in [0.1, 0.15) is 45.9 Å². The van der Waals surface area contributed by atoms with Crippen LogP contribution in [0.3, 0.4) is 0 Å². The van der Waals surface area contributed by atoms with Gasteiger partial charge < -0.3 is 15.4 Å². The lowest BCUT2D eigenvalue weighted by Crippen LogP contribution is -2.23. The van der Waals surface area contributed by atoms with Crippen molar-refractivity contribution in [2.45, 2.75) is 27.2 Å². The third kappa shape index (κ3) is 3.57. The summed E-state index contributed by atoms with van der Waals surface area (Å²) in [7, 11) is 1.26. The molecular formula is C13H18N2O4S. The lowest BCUT2D eigenvalue weighted by molar-refractivity contribution is -0.114. The second kappa shape index (κ2) is 7.04. The Kier molecular flexibility index (Phi) is 5.69. The van der Waals surface area contributed by atoms with Crippen molar-refractivity contribution in [3.8, 4) is 0 Å². The fourth-order valence-electron chi connectivity index (χ4n) is 1.64. The Hall–Kier alpha value is -1.89. The van der Waals surface area contributed by atoms with Gasteiger partial charge >= 0.3 is 5.97 Å². The number of hydrogen-bond acceptors (Lipinski definition) is 5. The number of methoxy groups -OCH3 is 1. The van der Waals surface area contributed by atoms with Crippen molar-refractivity contribution in [2.75, 3.05) is 19.0 Å². The van der Waals surface area contributed by atoms with Crippen LogP contribution in [0.2, 0.25) is 0 Å². The van der Waals surface area contributed by atoms with Crippen LogP contribution < -0.4 is 10.6 Å². The Balaban J connectivity index is 3.20. The topological polar surface area (TPSA) is 84.5 Å². The van der Waals surface area contributed by atoms with Gasteiger partial charge in [-0.3, -0.25) is 9.59 Å². The summed E-state index contributed by atoms with van der Waals surface area (Å²) >= 11 is 1.07. The Morgan fingerprint density at radius 1 is 1.30 bits per heavy atom. The van der Waals surface area contributed by atoms with Crippen LogP contribution in [-0.4, -0.2) is 31.4 Å². The minimum atomic E-state index is -0.572. The van der Waals surface area contributed by atoms with E-state index < -0.39 is 5.97 Å². The molecular weight excluding hydrogens is 280 g/mol. The molecule has 0 spiro atoms. The molecule has 20 heavy (non-hydrogen) atoms. The van der Waals surface area contributed by atoms with Crippen LogP contribution in [0.15, 0.2) is 0 Å². The SMILES string of the molecule is CCCNC(=O)c1sc(NC(C)=O)c(C(=O)OC)c1C. The fourth-order valence-corrected chi connectivity index (χ4v) is 2.80. The van der Waals surface area contributed by atoms with Crippen molar-refractivity contribution in [1.29, 1.82) is 0 Å². The first-order valence-electron chi connectivity index (χ1n) is 6.19. The van der Waals surface area contributed by atoms with E-state index in [9.17, 15) is 14.4 Å². The number of carbonyl (C=O) groups excluding carboxylic acids is 3. The van der Waals surface area contributed by atoms with Crippen LogP contribution in [0, 0.1) is 6.92 Å². The molecule has 2 amide bonds. The van der Waals surface area contributed by atoms with E-state index in [1.807, 2.05) is 6.92 Å². The minimum Gasteiger partial charge on any atom is -0.465 e. The van der Waals surface area contributed by atoms with Crippen molar-refractivity contribution >= 4 is 34.1 Å². The van der Waals surface area contributed by atoms with Gasteiger partial charge in [-0.25, -0.2) is 4.79 Å². The van der Waals surface area contributed by atoms with Crippen LogP contribution in [-0.2, 0) is 9.53 Å². The molecule has 0 saturated carbocycles. The van der Waals surface area contributed by atoms with Gasteiger partial charge in [-0.2, -0.15) is 0 Å². The number of carbonyl (C=O) groups is 3. The lowest BCUT2D eigenvalue weighted by atomic mass is 10.1. The standard InChI is InChI=1S/C13H18N2O4S/c1-5-6-14-11(17)10-7(2)9(13(18)19-4)12(20-10)15-8(3)16/h5-6H2,1-4H3,(H,14,17)(H,15,16). The molecule has 0 aliphatic heterocycles. The summed E-state index contributed by atoms with van der Waals surface area (Å²) in [4.78, 5) is 35.4. The first-order chi connectivity index (χ1) is 9.42. The van der Waals surface area contributed by atoms with Gasteiger partial charge in [0.05, 0.1) is 17.6 Å². The van der Waals surface area contributed by atoms with Gasteiger partial charge in [0.25, 0.3) is 5.91 Å². The highest BCUT2D eigenvalue weighted by Crippen LogP contribution is 2.33. The molecule has 0 bridgehead atoms. The zero-order valence-corrected chi connectivity index (χ0v) is 12.8. The quantitative estimate of drug-likeness (QED) is 0.814. The molecule has 1 heterocycles. The van der Waals surface area contributed by atoms with E-state index in [1.165, 1.54) is 14.0 Å². The molecule has 1 aromatic rings.